The van der Waals surface area contributed by atoms with E-state index in [1.54, 1.807) is 13.8 Å². The molecule has 1 aromatic carbocycles. The van der Waals surface area contributed by atoms with E-state index in [2.05, 4.69) is 5.32 Å². The SMILES string of the molecule is CC(C)[C@@H](NC(=O)c1sc2cc(F)ccc2c1Cl)C(=O)O. The number of rotatable bonds is 4. The monoisotopic (exact) mass is 329 g/mol. The molecule has 0 fully saturated rings. The van der Waals surface area contributed by atoms with Crippen molar-refractivity contribution in [3.63, 3.8) is 0 Å². The molecule has 2 aromatic rings. The van der Waals surface area contributed by atoms with Crippen molar-refractivity contribution in [1.82, 2.24) is 5.32 Å². The van der Waals surface area contributed by atoms with Crippen LogP contribution in [0.1, 0.15) is 23.5 Å². The minimum atomic E-state index is -1.11. The number of halogens is 2. The number of hydrogen-bond acceptors (Lipinski definition) is 3. The number of aliphatic carboxylic acids is 1. The number of fused-ring (bicyclic) bond motifs is 1. The van der Waals surface area contributed by atoms with Gasteiger partial charge in [-0.25, -0.2) is 9.18 Å². The van der Waals surface area contributed by atoms with Crippen LogP contribution in [0.3, 0.4) is 0 Å². The van der Waals surface area contributed by atoms with Crippen molar-refractivity contribution in [3.05, 3.63) is 33.9 Å². The van der Waals surface area contributed by atoms with Gasteiger partial charge in [-0.3, -0.25) is 4.79 Å². The van der Waals surface area contributed by atoms with Gasteiger partial charge in [0.2, 0.25) is 0 Å². The summed E-state index contributed by atoms with van der Waals surface area (Å²) >= 11 is 7.16. The molecule has 7 heteroatoms. The van der Waals surface area contributed by atoms with Gasteiger partial charge in [0, 0.05) is 10.1 Å². The minimum absolute atomic E-state index is 0.184. The van der Waals surface area contributed by atoms with Gasteiger partial charge in [0.05, 0.1) is 5.02 Å². The molecule has 4 nitrogen and oxygen atoms in total. The zero-order valence-electron chi connectivity index (χ0n) is 11.3. The lowest BCUT2D eigenvalue weighted by atomic mass is 10.0. The van der Waals surface area contributed by atoms with Crippen LogP contribution in [0, 0.1) is 11.7 Å². The molecule has 0 aliphatic rings. The summed E-state index contributed by atoms with van der Waals surface area (Å²) in [6.07, 6.45) is 0. The fraction of sp³-hybridized carbons (Fsp3) is 0.286. The highest BCUT2D eigenvalue weighted by Gasteiger charge is 2.26. The maximum Gasteiger partial charge on any atom is 0.326 e. The predicted octanol–water partition coefficient (Wildman–Crippen LogP) is 3.53. The van der Waals surface area contributed by atoms with Gasteiger partial charge >= 0.3 is 5.97 Å². The van der Waals surface area contributed by atoms with Gasteiger partial charge in [-0.05, 0) is 24.1 Å². The van der Waals surface area contributed by atoms with Crippen molar-refractivity contribution >= 4 is 44.9 Å². The van der Waals surface area contributed by atoms with Gasteiger partial charge in [-0.2, -0.15) is 0 Å². The number of benzene rings is 1. The lowest BCUT2D eigenvalue weighted by molar-refractivity contribution is -0.140. The molecule has 0 aliphatic heterocycles. The molecule has 0 unspecified atom stereocenters. The molecule has 0 bridgehead atoms. The van der Waals surface area contributed by atoms with Crippen molar-refractivity contribution in [2.75, 3.05) is 0 Å². The fourth-order valence-electron chi connectivity index (χ4n) is 1.91. The number of carbonyl (C=O) groups is 2. The lowest BCUT2D eigenvalue weighted by Gasteiger charge is -2.17. The second kappa shape index (κ2) is 5.99. The second-order valence-corrected chi connectivity index (χ2v) is 6.35. The standard InChI is InChI=1S/C14H13ClFNO3S/c1-6(2)11(14(19)20)17-13(18)12-10(15)8-4-3-7(16)5-9(8)21-12/h3-6,11H,1-2H3,(H,17,18)(H,19,20)/t11-/m1/s1. The number of carbonyl (C=O) groups excluding carboxylic acids is 1. The molecule has 1 amide bonds. The third kappa shape index (κ3) is 3.16. The van der Waals surface area contributed by atoms with Gasteiger partial charge < -0.3 is 10.4 Å². The highest BCUT2D eigenvalue weighted by atomic mass is 35.5. The summed E-state index contributed by atoms with van der Waals surface area (Å²) < 4.78 is 13.7. The highest BCUT2D eigenvalue weighted by Crippen LogP contribution is 2.35. The average molecular weight is 330 g/mol. The minimum Gasteiger partial charge on any atom is -0.480 e. The van der Waals surface area contributed by atoms with Gasteiger partial charge in [0.15, 0.2) is 0 Å². The Morgan fingerprint density at radius 2 is 2.05 bits per heavy atom. The predicted molar refractivity (Wildman–Crippen MR) is 80.5 cm³/mol. The first-order valence-electron chi connectivity index (χ1n) is 6.22. The molecule has 0 aliphatic carbocycles. The average Bonchev–Trinajstić information content (AvgIpc) is 2.71. The summed E-state index contributed by atoms with van der Waals surface area (Å²) in [5.74, 6) is -2.36. The second-order valence-electron chi connectivity index (χ2n) is 4.92. The topological polar surface area (TPSA) is 66.4 Å². The van der Waals surface area contributed by atoms with Crippen LogP contribution in [0.2, 0.25) is 5.02 Å². The smallest absolute Gasteiger partial charge is 0.326 e. The molecule has 0 saturated carbocycles. The van der Waals surface area contributed by atoms with E-state index in [-0.39, 0.29) is 15.8 Å². The van der Waals surface area contributed by atoms with Gasteiger partial charge in [-0.15, -0.1) is 11.3 Å². The van der Waals surface area contributed by atoms with Crippen LogP contribution < -0.4 is 5.32 Å². The quantitative estimate of drug-likeness (QED) is 0.901. The summed E-state index contributed by atoms with van der Waals surface area (Å²) in [5.41, 5.74) is 0. The molecule has 1 atom stereocenters. The van der Waals surface area contributed by atoms with E-state index >= 15 is 0 Å². The van der Waals surface area contributed by atoms with Crippen LogP contribution in [0.5, 0.6) is 0 Å². The van der Waals surface area contributed by atoms with E-state index in [0.29, 0.717) is 10.1 Å². The van der Waals surface area contributed by atoms with Crippen molar-refractivity contribution < 1.29 is 19.1 Å². The number of carboxylic acids is 1. The molecular formula is C14H13ClFNO3S. The van der Waals surface area contributed by atoms with E-state index in [1.807, 2.05) is 0 Å². The number of carboxylic acid groups (broad SMARTS) is 1. The summed E-state index contributed by atoms with van der Waals surface area (Å²) in [6, 6.07) is 3.05. The van der Waals surface area contributed by atoms with Crippen molar-refractivity contribution in [1.29, 1.82) is 0 Å². The third-order valence-electron chi connectivity index (χ3n) is 3.02. The fourth-order valence-corrected chi connectivity index (χ4v) is 3.35. The number of thiophene rings is 1. The zero-order chi connectivity index (χ0) is 15.7. The molecule has 0 radical (unpaired) electrons. The first-order chi connectivity index (χ1) is 9.81. The Balaban J connectivity index is 2.35. The Bertz CT molecular complexity index is 714. The normalized spacial score (nSPS) is 12.6. The molecule has 0 saturated heterocycles. The zero-order valence-corrected chi connectivity index (χ0v) is 12.9. The molecule has 112 valence electrons. The van der Waals surface area contributed by atoms with E-state index in [4.69, 9.17) is 16.7 Å². The van der Waals surface area contributed by atoms with E-state index in [0.717, 1.165) is 11.3 Å². The molecule has 2 N–H and O–H groups in total. The summed E-state index contributed by atoms with van der Waals surface area (Å²) in [7, 11) is 0. The number of hydrogen-bond donors (Lipinski definition) is 2. The highest BCUT2D eigenvalue weighted by molar-refractivity contribution is 7.21. The van der Waals surface area contributed by atoms with Crippen molar-refractivity contribution in [3.8, 4) is 0 Å². The van der Waals surface area contributed by atoms with Crippen LogP contribution in [0.4, 0.5) is 4.39 Å². The van der Waals surface area contributed by atoms with E-state index in [1.165, 1.54) is 18.2 Å². The molecule has 2 rings (SSSR count). The van der Waals surface area contributed by atoms with Gasteiger partial charge in [0.1, 0.15) is 16.7 Å². The maximum atomic E-state index is 13.2. The lowest BCUT2D eigenvalue weighted by Crippen LogP contribution is -2.44. The Labute approximate surface area is 129 Å². The Hall–Kier alpha value is -1.66. The first-order valence-corrected chi connectivity index (χ1v) is 7.42. The van der Waals surface area contributed by atoms with Crippen molar-refractivity contribution in [2.45, 2.75) is 19.9 Å². The number of amides is 1. The Morgan fingerprint density at radius 3 is 2.62 bits per heavy atom. The van der Waals surface area contributed by atoms with Crippen LogP contribution in [0.25, 0.3) is 10.1 Å². The third-order valence-corrected chi connectivity index (χ3v) is 4.67. The molecule has 21 heavy (non-hydrogen) atoms. The largest absolute Gasteiger partial charge is 0.480 e. The van der Waals surface area contributed by atoms with Crippen molar-refractivity contribution in [2.24, 2.45) is 5.92 Å². The van der Waals surface area contributed by atoms with E-state index < -0.39 is 23.7 Å². The van der Waals surface area contributed by atoms with Crippen LogP contribution in [-0.2, 0) is 4.79 Å². The molecule has 1 aromatic heterocycles. The van der Waals surface area contributed by atoms with Crippen LogP contribution in [0.15, 0.2) is 18.2 Å². The molecule has 0 spiro atoms. The Kier molecular flexibility index (Phi) is 4.49. The number of nitrogens with one attached hydrogen (secondary N) is 1. The van der Waals surface area contributed by atoms with Gasteiger partial charge in [0.25, 0.3) is 5.91 Å². The van der Waals surface area contributed by atoms with Crippen LogP contribution >= 0.6 is 22.9 Å². The van der Waals surface area contributed by atoms with E-state index in [9.17, 15) is 14.0 Å². The maximum absolute atomic E-state index is 13.2. The summed E-state index contributed by atoms with van der Waals surface area (Å²) in [4.78, 5) is 23.5. The van der Waals surface area contributed by atoms with Gasteiger partial charge in [-0.1, -0.05) is 25.4 Å². The molecule has 1 heterocycles. The first kappa shape index (κ1) is 15.7. The summed E-state index contributed by atoms with van der Waals surface area (Å²) in [6.45, 7) is 3.39. The van der Waals surface area contributed by atoms with Crippen LogP contribution in [-0.4, -0.2) is 23.0 Å². The Morgan fingerprint density at radius 1 is 1.38 bits per heavy atom. The summed E-state index contributed by atoms with van der Waals surface area (Å²) in [5, 5.41) is 12.3. The molecular weight excluding hydrogens is 317 g/mol.